The normalized spacial score (nSPS) is 12.6. The average Bonchev–Trinajstić information content (AvgIpc) is 2.43. The Balaban J connectivity index is 2.57. The van der Waals surface area contributed by atoms with Crippen LogP contribution in [0.1, 0.15) is 30.6 Å². The molecule has 1 rings (SSSR count). The van der Waals surface area contributed by atoms with Gasteiger partial charge in [-0.05, 0) is 36.6 Å². The minimum Gasteiger partial charge on any atom is -0.435 e. The van der Waals surface area contributed by atoms with Crippen LogP contribution in [0.2, 0.25) is 0 Å². The molecule has 6 heteroatoms. The van der Waals surface area contributed by atoms with Crippen LogP contribution >= 0.6 is 0 Å². The molecule has 0 aliphatic heterocycles. The van der Waals surface area contributed by atoms with E-state index in [9.17, 15) is 13.6 Å². The second kappa shape index (κ2) is 7.93. The van der Waals surface area contributed by atoms with Crippen molar-refractivity contribution in [1.82, 2.24) is 4.90 Å². The fourth-order valence-electron chi connectivity index (χ4n) is 1.78. The van der Waals surface area contributed by atoms with Crippen molar-refractivity contribution >= 4 is 5.91 Å². The van der Waals surface area contributed by atoms with Gasteiger partial charge in [0.15, 0.2) is 0 Å². The topological polar surface area (TPSA) is 55.6 Å². The number of benzene rings is 1. The molecule has 0 aliphatic rings. The Labute approximate surface area is 123 Å². The number of carbonyl (C=O) groups excluding carboxylic acids is 1. The molecule has 0 bridgehead atoms. The second-order valence-electron chi connectivity index (χ2n) is 5.33. The van der Waals surface area contributed by atoms with Gasteiger partial charge in [-0.3, -0.25) is 4.79 Å². The van der Waals surface area contributed by atoms with Gasteiger partial charge < -0.3 is 15.4 Å². The first-order valence-electron chi connectivity index (χ1n) is 6.87. The van der Waals surface area contributed by atoms with E-state index in [2.05, 4.69) is 4.74 Å². The molecule has 0 radical (unpaired) electrons. The van der Waals surface area contributed by atoms with E-state index < -0.39 is 6.61 Å². The standard InChI is InChI=1S/C15H22F2N2O2/c1-10(2)13(18)8-9-19(3)14(20)11-4-6-12(7-5-11)21-15(16)17/h4-7,10,13,15H,8-9,18H2,1-3H3. The Hall–Kier alpha value is -1.69. The number of nitrogens with zero attached hydrogens (tertiary/aromatic N) is 1. The van der Waals surface area contributed by atoms with Crippen molar-refractivity contribution in [3.05, 3.63) is 29.8 Å². The molecule has 0 spiro atoms. The van der Waals surface area contributed by atoms with E-state index in [0.717, 1.165) is 0 Å². The molecular weight excluding hydrogens is 278 g/mol. The van der Waals surface area contributed by atoms with Gasteiger partial charge in [0.05, 0.1) is 0 Å². The number of carbonyl (C=O) groups is 1. The van der Waals surface area contributed by atoms with Gasteiger partial charge >= 0.3 is 6.61 Å². The highest BCUT2D eigenvalue weighted by Gasteiger charge is 2.15. The summed E-state index contributed by atoms with van der Waals surface area (Å²) in [4.78, 5) is 13.7. The summed E-state index contributed by atoms with van der Waals surface area (Å²) in [7, 11) is 1.69. The highest BCUT2D eigenvalue weighted by Crippen LogP contribution is 2.16. The van der Waals surface area contributed by atoms with Crippen LogP contribution in [-0.4, -0.2) is 37.1 Å². The van der Waals surface area contributed by atoms with Crippen LogP contribution < -0.4 is 10.5 Å². The molecule has 0 saturated carbocycles. The van der Waals surface area contributed by atoms with E-state index in [1.807, 2.05) is 13.8 Å². The van der Waals surface area contributed by atoms with Crippen LogP contribution in [0.25, 0.3) is 0 Å². The smallest absolute Gasteiger partial charge is 0.387 e. The summed E-state index contributed by atoms with van der Waals surface area (Å²) in [5.41, 5.74) is 6.37. The molecule has 4 nitrogen and oxygen atoms in total. The maximum absolute atomic E-state index is 12.2. The SMILES string of the molecule is CC(C)C(N)CCN(C)C(=O)c1ccc(OC(F)F)cc1. The zero-order valence-corrected chi connectivity index (χ0v) is 12.6. The lowest BCUT2D eigenvalue weighted by Gasteiger charge is -2.21. The monoisotopic (exact) mass is 300 g/mol. The molecule has 1 amide bonds. The lowest BCUT2D eigenvalue weighted by molar-refractivity contribution is -0.0498. The third-order valence-corrected chi connectivity index (χ3v) is 3.33. The number of alkyl halides is 2. The second-order valence-corrected chi connectivity index (χ2v) is 5.33. The van der Waals surface area contributed by atoms with Crippen molar-refractivity contribution < 1.29 is 18.3 Å². The summed E-state index contributed by atoms with van der Waals surface area (Å²) in [5.74, 6) is 0.222. The van der Waals surface area contributed by atoms with Crippen molar-refractivity contribution in [2.24, 2.45) is 11.7 Å². The van der Waals surface area contributed by atoms with Gasteiger partial charge in [0.2, 0.25) is 0 Å². The van der Waals surface area contributed by atoms with Gasteiger partial charge in [-0.1, -0.05) is 13.8 Å². The summed E-state index contributed by atoms with van der Waals surface area (Å²) in [6.45, 7) is 1.75. The minimum atomic E-state index is -2.87. The largest absolute Gasteiger partial charge is 0.435 e. The van der Waals surface area contributed by atoms with Crippen LogP contribution in [0.5, 0.6) is 5.75 Å². The van der Waals surface area contributed by atoms with E-state index in [-0.39, 0.29) is 17.7 Å². The number of hydrogen-bond acceptors (Lipinski definition) is 3. The fraction of sp³-hybridized carbons (Fsp3) is 0.533. The first-order valence-corrected chi connectivity index (χ1v) is 6.87. The van der Waals surface area contributed by atoms with Gasteiger partial charge in [-0.15, -0.1) is 0 Å². The van der Waals surface area contributed by atoms with Crippen molar-refractivity contribution in [3.63, 3.8) is 0 Å². The first-order chi connectivity index (χ1) is 9.81. The van der Waals surface area contributed by atoms with Gasteiger partial charge in [-0.2, -0.15) is 8.78 Å². The fourth-order valence-corrected chi connectivity index (χ4v) is 1.78. The number of ether oxygens (including phenoxy) is 1. The Kier molecular flexibility index (Phi) is 6.55. The number of hydrogen-bond donors (Lipinski definition) is 1. The van der Waals surface area contributed by atoms with Crippen molar-refractivity contribution in [2.45, 2.75) is 32.9 Å². The van der Waals surface area contributed by atoms with Crippen LogP contribution in [0.3, 0.4) is 0 Å². The third-order valence-electron chi connectivity index (χ3n) is 3.33. The van der Waals surface area contributed by atoms with Crippen LogP contribution in [0, 0.1) is 5.92 Å². The summed E-state index contributed by atoms with van der Waals surface area (Å²) in [5, 5.41) is 0. The minimum absolute atomic E-state index is 0.0334. The maximum Gasteiger partial charge on any atom is 0.387 e. The molecule has 1 atom stereocenters. The highest BCUT2D eigenvalue weighted by atomic mass is 19.3. The van der Waals surface area contributed by atoms with E-state index >= 15 is 0 Å². The van der Waals surface area contributed by atoms with Gasteiger partial charge in [0.1, 0.15) is 5.75 Å². The zero-order valence-electron chi connectivity index (χ0n) is 12.6. The Bertz CT molecular complexity index is 449. The molecule has 0 aromatic heterocycles. The Morgan fingerprint density at radius 3 is 2.33 bits per heavy atom. The van der Waals surface area contributed by atoms with E-state index in [1.165, 1.54) is 24.3 Å². The number of amides is 1. The molecule has 0 heterocycles. The Morgan fingerprint density at radius 2 is 1.86 bits per heavy atom. The summed E-state index contributed by atoms with van der Waals surface area (Å²) in [6, 6.07) is 5.69. The highest BCUT2D eigenvalue weighted by molar-refractivity contribution is 5.94. The van der Waals surface area contributed by atoms with E-state index in [4.69, 9.17) is 5.73 Å². The lowest BCUT2D eigenvalue weighted by Crippen LogP contribution is -2.34. The van der Waals surface area contributed by atoms with E-state index in [0.29, 0.717) is 24.4 Å². The Morgan fingerprint density at radius 1 is 1.29 bits per heavy atom. The first kappa shape index (κ1) is 17.4. The molecule has 0 aliphatic carbocycles. The van der Waals surface area contributed by atoms with Crippen LogP contribution in [0.4, 0.5) is 8.78 Å². The molecule has 21 heavy (non-hydrogen) atoms. The maximum atomic E-state index is 12.2. The molecule has 2 N–H and O–H groups in total. The molecule has 1 aromatic carbocycles. The predicted octanol–water partition coefficient (Wildman–Crippen LogP) is 2.73. The quantitative estimate of drug-likeness (QED) is 0.842. The van der Waals surface area contributed by atoms with Gasteiger partial charge in [-0.25, -0.2) is 0 Å². The van der Waals surface area contributed by atoms with Gasteiger partial charge in [0, 0.05) is 25.2 Å². The molecule has 0 fully saturated rings. The predicted molar refractivity (Wildman–Crippen MR) is 77.5 cm³/mol. The summed E-state index contributed by atoms with van der Waals surface area (Å²) >= 11 is 0. The van der Waals surface area contributed by atoms with Crippen molar-refractivity contribution in [3.8, 4) is 5.75 Å². The third kappa shape index (κ3) is 5.67. The van der Waals surface area contributed by atoms with Crippen LogP contribution in [-0.2, 0) is 0 Å². The molecule has 0 saturated heterocycles. The van der Waals surface area contributed by atoms with E-state index in [1.54, 1.807) is 11.9 Å². The molecule has 1 aromatic rings. The lowest BCUT2D eigenvalue weighted by atomic mass is 10.0. The van der Waals surface area contributed by atoms with Crippen molar-refractivity contribution in [1.29, 1.82) is 0 Å². The number of nitrogens with two attached hydrogens (primary N) is 1. The zero-order chi connectivity index (χ0) is 16.0. The summed E-state index contributed by atoms with van der Waals surface area (Å²) in [6.07, 6.45) is 0.715. The molecule has 1 unspecified atom stereocenters. The summed E-state index contributed by atoms with van der Waals surface area (Å²) < 4.78 is 28.3. The molecular formula is C15H22F2N2O2. The van der Waals surface area contributed by atoms with Gasteiger partial charge in [0.25, 0.3) is 5.91 Å². The van der Waals surface area contributed by atoms with Crippen molar-refractivity contribution in [2.75, 3.05) is 13.6 Å². The number of halogens is 2. The molecule has 118 valence electrons. The number of rotatable bonds is 7. The average molecular weight is 300 g/mol. The van der Waals surface area contributed by atoms with Crippen LogP contribution in [0.15, 0.2) is 24.3 Å².